The van der Waals surface area contributed by atoms with Crippen molar-refractivity contribution < 1.29 is 4.42 Å². The molecule has 10 aromatic carbocycles. The summed E-state index contributed by atoms with van der Waals surface area (Å²) in [6.45, 7) is 4.72. The summed E-state index contributed by atoms with van der Waals surface area (Å²) in [7, 11) is 0. The Hall–Kier alpha value is -8.14. The number of para-hydroxylation sites is 3. The quantitative estimate of drug-likeness (QED) is 0.167. The zero-order chi connectivity index (χ0) is 42.5. The van der Waals surface area contributed by atoms with Crippen LogP contribution in [0.25, 0.3) is 93.6 Å². The number of hydrogen-bond donors (Lipinski definition) is 0. The Morgan fingerprint density at radius 1 is 0.422 bits per heavy atom. The monoisotopic (exact) mass is 818 g/mol. The summed E-state index contributed by atoms with van der Waals surface area (Å²) < 4.78 is 8.82. The molecule has 3 heteroatoms. The van der Waals surface area contributed by atoms with Crippen molar-refractivity contribution in [3.63, 3.8) is 0 Å². The predicted octanol–water partition coefficient (Wildman–Crippen LogP) is 16.9. The van der Waals surface area contributed by atoms with Crippen LogP contribution in [0.3, 0.4) is 0 Å². The summed E-state index contributed by atoms with van der Waals surface area (Å²) in [5.74, 6) is 0. The Balaban J connectivity index is 1.000. The van der Waals surface area contributed by atoms with Crippen LogP contribution in [-0.2, 0) is 5.41 Å². The highest BCUT2D eigenvalue weighted by atomic mass is 16.3. The molecule has 0 aliphatic heterocycles. The van der Waals surface area contributed by atoms with Crippen molar-refractivity contribution in [1.82, 2.24) is 4.57 Å². The fourth-order valence-electron chi connectivity index (χ4n) is 10.8. The van der Waals surface area contributed by atoms with E-state index in [-0.39, 0.29) is 5.41 Å². The average molecular weight is 819 g/mol. The van der Waals surface area contributed by atoms with Gasteiger partial charge >= 0.3 is 0 Å². The minimum absolute atomic E-state index is 0.128. The number of rotatable bonds is 6. The first kappa shape index (κ1) is 36.5. The summed E-state index contributed by atoms with van der Waals surface area (Å²) in [4.78, 5) is 2.50. The number of fused-ring (bicyclic) bond motifs is 10. The van der Waals surface area contributed by atoms with E-state index in [1.165, 1.54) is 55.0 Å². The fourth-order valence-corrected chi connectivity index (χ4v) is 10.8. The number of hydrogen-bond acceptors (Lipinski definition) is 2. The van der Waals surface area contributed by atoms with E-state index in [2.05, 4.69) is 236 Å². The first-order valence-electron chi connectivity index (χ1n) is 22.2. The average Bonchev–Trinajstić information content (AvgIpc) is 3.97. The number of anilines is 3. The second-order valence-electron chi connectivity index (χ2n) is 17.7. The molecule has 0 spiro atoms. The topological polar surface area (TPSA) is 21.3 Å². The van der Waals surface area contributed by atoms with Gasteiger partial charge in [-0.05, 0) is 105 Å². The molecule has 2 aromatic heterocycles. The van der Waals surface area contributed by atoms with Crippen LogP contribution in [0, 0.1) is 0 Å². The van der Waals surface area contributed by atoms with Gasteiger partial charge in [0.1, 0.15) is 11.2 Å². The van der Waals surface area contributed by atoms with Crippen molar-refractivity contribution in [2.45, 2.75) is 19.3 Å². The molecule has 13 rings (SSSR count). The molecule has 0 atom stereocenters. The van der Waals surface area contributed by atoms with Crippen LogP contribution >= 0.6 is 0 Å². The molecule has 64 heavy (non-hydrogen) atoms. The van der Waals surface area contributed by atoms with Crippen LogP contribution < -0.4 is 4.90 Å². The number of furan rings is 1. The first-order valence-corrected chi connectivity index (χ1v) is 22.2. The molecule has 0 N–H and O–H groups in total. The molecule has 0 saturated carbocycles. The van der Waals surface area contributed by atoms with Crippen molar-refractivity contribution in [2.24, 2.45) is 0 Å². The van der Waals surface area contributed by atoms with E-state index < -0.39 is 0 Å². The van der Waals surface area contributed by atoms with E-state index >= 15 is 0 Å². The van der Waals surface area contributed by atoms with Gasteiger partial charge in [0.15, 0.2) is 0 Å². The lowest BCUT2D eigenvalue weighted by molar-refractivity contribution is 0.660. The van der Waals surface area contributed by atoms with Crippen LogP contribution in [0.4, 0.5) is 17.1 Å². The van der Waals surface area contributed by atoms with Crippen molar-refractivity contribution in [1.29, 1.82) is 0 Å². The fraction of sp³-hybridized carbons (Fsp3) is 0.0492. The van der Waals surface area contributed by atoms with E-state index in [9.17, 15) is 0 Å². The van der Waals surface area contributed by atoms with Gasteiger partial charge in [-0.15, -0.1) is 0 Å². The summed E-state index contributed by atoms with van der Waals surface area (Å²) in [5, 5.41) is 7.12. The molecule has 0 bridgehead atoms. The Morgan fingerprint density at radius 3 is 2.00 bits per heavy atom. The van der Waals surface area contributed by atoms with Crippen LogP contribution in [-0.4, -0.2) is 4.57 Å². The minimum atomic E-state index is -0.128. The molecule has 12 aromatic rings. The van der Waals surface area contributed by atoms with Gasteiger partial charge in [-0.3, -0.25) is 0 Å². The molecule has 0 radical (unpaired) electrons. The molecule has 2 heterocycles. The lowest BCUT2D eigenvalue weighted by Crippen LogP contribution is -2.16. The maximum atomic E-state index is 6.39. The number of nitrogens with zero attached hydrogens (tertiary/aromatic N) is 2. The molecule has 3 nitrogen and oxygen atoms in total. The largest absolute Gasteiger partial charge is 0.456 e. The molecule has 1 aliphatic carbocycles. The highest BCUT2D eigenvalue weighted by Gasteiger charge is 2.38. The third-order valence-corrected chi connectivity index (χ3v) is 13.8. The van der Waals surface area contributed by atoms with E-state index in [1.807, 2.05) is 6.07 Å². The Labute approximate surface area is 371 Å². The van der Waals surface area contributed by atoms with Crippen molar-refractivity contribution in [3.05, 3.63) is 230 Å². The maximum Gasteiger partial charge on any atom is 0.137 e. The summed E-state index contributed by atoms with van der Waals surface area (Å²) in [5.41, 5.74) is 18.5. The van der Waals surface area contributed by atoms with Gasteiger partial charge in [0.2, 0.25) is 0 Å². The zero-order valence-electron chi connectivity index (χ0n) is 35.6. The SMILES string of the molecule is CC1(C)c2ccccc2-c2c(N(c3ccc4ccccc4c3)c3ccccc3-c3cccc(-c4ccc5c6ccccc6n(-c6cccc7oc8ccccc8c67)c5c4)c3)cccc21. The molecule has 1 aliphatic rings. The Kier molecular flexibility index (Phi) is 7.95. The van der Waals surface area contributed by atoms with Gasteiger partial charge in [0, 0.05) is 38.4 Å². The van der Waals surface area contributed by atoms with Gasteiger partial charge in [0.05, 0.1) is 33.5 Å². The molecule has 0 fully saturated rings. The minimum Gasteiger partial charge on any atom is -0.456 e. The Morgan fingerprint density at radius 2 is 1.08 bits per heavy atom. The summed E-state index contributed by atoms with van der Waals surface area (Å²) >= 11 is 0. The van der Waals surface area contributed by atoms with Crippen molar-refractivity contribution in [3.8, 4) is 39.1 Å². The molecule has 0 amide bonds. The molecular formula is C61H42N2O. The molecule has 302 valence electrons. The van der Waals surface area contributed by atoms with E-state index in [0.29, 0.717) is 0 Å². The third kappa shape index (κ3) is 5.41. The van der Waals surface area contributed by atoms with Crippen LogP contribution in [0.15, 0.2) is 223 Å². The molecule has 0 saturated heterocycles. The van der Waals surface area contributed by atoms with E-state index in [1.54, 1.807) is 0 Å². The first-order chi connectivity index (χ1) is 31.5. The highest BCUT2D eigenvalue weighted by molar-refractivity contribution is 6.15. The normalized spacial score (nSPS) is 13.0. The van der Waals surface area contributed by atoms with Crippen LogP contribution in [0.1, 0.15) is 25.0 Å². The highest BCUT2D eigenvalue weighted by Crippen LogP contribution is 2.55. The van der Waals surface area contributed by atoms with Crippen LogP contribution in [0.5, 0.6) is 0 Å². The lowest BCUT2D eigenvalue weighted by atomic mass is 9.82. The van der Waals surface area contributed by atoms with Gasteiger partial charge < -0.3 is 13.9 Å². The third-order valence-electron chi connectivity index (χ3n) is 13.8. The molecule has 0 unspecified atom stereocenters. The van der Waals surface area contributed by atoms with Gasteiger partial charge in [0.25, 0.3) is 0 Å². The van der Waals surface area contributed by atoms with Gasteiger partial charge in [-0.25, -0.2) is 0 Å². The summed E-state index contributed by atoms with van der Waals surface area (Å²) in [6, 6.07) is 79.8. The number of benzene rings is 10. The van der Waals surface area contributed by atoms with Crippen molar-refractivity contribution in [2.75, 3.05) is 4.90 Å². The van der Waals surface area contributed by atoms with E-state index in [4.69, 9.17) is 4.42 Å². The predicted molar refractivity (Wildman–Crippen MR) is 269 cm³/mol. The van der Waals surface area contributed by atoms with Gasteiger partial charge in [-0.2, -0.15) is 0 Å². The molecular weight excluding hydrogens is 777 g/mol. The van der Waals surface area contributed by atoms with Crippen LogP contribution in [0.2, 0.25) is 0 Å². The lowest BCUT2D eigenvalue weighted by Gasteiger charge is -2.31. The second-order valence-corrected chi connectivity index (χ2v) is 17.7. The Bertz CT molecular complexity index is 3840. The standard InChI is InChI=1S/C61H42N2O/c1-61(2)50-24-9-5-22-48(50)59-51(61)25-14-28-54(59)62(44-34-32-39-16-3-4-17-41(39)37-44)52-26-10-6-20-45(52)43-19-13-18-40(36-43)42-33-35-47-46-21-7-11-27-53(46)63(56(47)38-42)55-29-15-31-58-60(55)49-23-8-12-30-57(49)64-58/h3-38H,1-2H3. The maximum absolute atomic E-state index is 6.39. The van der Waals surface area contributed by atoms with Crippen molar-refractivity contribution >= 4 is 71.6 Å². The number of aromatic nitrogens is 1. The van der Waals surface area contributed by atoms with E-state index in [0.717, 1.165) is 66.8 Å². The zero-order valence-corrected chi connectivity index (χ0v) is 35.6. The smallest absolute Gasteiger partial charge is 0.137 e. The second kappa shape index (κ2) is 13.9. The van der Waals surface area contributed by atoms with Gasteiger partial charge in [-0.1, -0.05) is 172 Å². The summed E-state index contributed by atoms with van der Waals surface area (Å²) in [6.07, 6.45) is 0.